The SMILES string of the molecule is Nc1nc2nncc-2c2nc(-c3ccco3)[nH]n12. The Morgan fingerprint density at radius 1 is 1.33 bits per heavy atom. The van der Waals surface area contributed by atoms with E-state index in [1.54, 1.807) is 29.1 Å². The van der Waals surface area contributed by atoms with Crippen LogP contribution >= 0.6 is 0 Å². The van der Waals surface area contributed by atoms with Gasteiger partial charge in [-0.1, -0.05) is 0 Å². The lowest BCUT2D eigenvalue weighted by Gasteiger charge is -2.00. The molecule has 0 aromatic carbocycles. The first-order valence-electron chi connectivity index (χ1n) is 5.22. The van der Waals surface area contributed by atoms with Crippen molar-refractivity contribution in [3.63, 3.8) is 0 Å². The zero-order chi connectivity index (χ0) is 12.1. The number of nitrogens with two attached hydrogens (primary N) is 1. The highest BCUT2D eigenvalue weighted by molar-refractivity contribution is 5.75. The van der Waals surface area contributed by atoms with E-state index in [4.69, 9.17) is 10.2 Å². The molecule has 0 fully saturated rings. The maximum absolute atomic E-state index is 5.83. The molecule has 2 aromatic rings. The number of hydrogen-bond acceptors (Lipinski definition) is 6. The molecule has 0 saturated heterocycles. The molecule has 0 bridgehead atoms. The van der Waals surface area contributed by atoms with Gasteiger partial charge in [0.15, 0.2) is 23.1 Å². The lowest BCUT2D eigenvalue weighted by Crippen LogP contribution is -2.04. The fourth-order valence-electron chi connectivity index (χ4n) is 1.86. The number of aromatic amines is 1. The van der Waals surface area contributed by atoms with Crippen LogP contribution in [0.5, 0.6) is 0 Å². The van der Waals surface area contributed by atoms with E-state index in [0.717, 1.165) is 5.56 Å². The monoisotopic (exact) mass is 241 g/mol. The van der Waals surface area contributed by atoms with Crippen LogP contribution in [0.4, 0.5) is 5.95 Å². The molecule has 2 aliphatic heterocycles. The molecule has 0 radical (unpaired) electrons. The molecule has 0 aliphatic carbocycles. The van der Waals surface area contributed by atoms with Crippen molar-refractivity contribution in [2.75, 3.05) is 5.73 Å². The van der Waals surface area contributed by atoms with Gasteiger partial charge in [-0.25, -0.2) is 9.50 Å². The third-order valence-electron chi connectivity index (χ3n) is 2.67. The first kappa shape index (κ1) is 9.16. The molecule has 0 saturated carbocycles. The number of aromatic nitrogens is 6. The summed E-state index contributed by atoms with van der Waals surface area (Å²) in [5.74, 6) is 1.94. The first-order chi connectivity index (χ1) is 8.83. The quantitative estimate of drug-likeness (QED) is 0.509. The number of hydrogen-bond donors (Lipinski definition) is 2. The van der Waals surface area contributed by atoms with Crippen molar-refractivity contribution < 1.29 is 4.42 Å². The molecule has 0 unspecified atom stereocenters. The van der Waals surface area contributed by atoms with Crippen LogP contribution < -0.4 is 5.73 Å². The number of furan rings is 1. The summed E-state index contributed by atoms with van der Waals surface area (Å²) >= 11 is 0. The van der Waals surface area contributed by atoms with Crippen LogP contribution in [0, 0.1) is 0 Å². The molecule has 0 amide bonds. The smallest absolute Gasteiger partial charge is 0.223 e. The van der Waals surface area contributed by atoms with Gasteiger partial charge < -0.3 is 10.2 Å². The Labute approximate surface area is 99.8 Å². The molecule has 0 spiro atoms. The van der Waals surface area contributed by atoms with E-state index >= 15 is 0 Å². The average molecular weight is 241 g/mol. The second-order valence-corrected chi connectivity index (χ2v) is 3.76. The minimum atomic E-state index is 0.267. The molecular formula is C10H7N7O. The largest absolute Gasteiger partial charge is 0.461 e. The predicted octanol–water partition coefficient (Wildman–Crippen LogP) is 0.794. The third-order valence-corrected chi connectivity index (χ3v) is 2.67. The van der Waals surface area contributed by atoms with E-state index in [2.05, 4.69) is 25.3 Å². The van der Waals surface area contributed by atoms with Crippen LogP contribution in [0.1, 0.15) is 0 Å². The Kier molecular flexibility index (Phi) is 1.56. The van der Waals surface area contributed by atoms with E-state index in [0.29, 0.717) is 23.1 Å². The van der Waals surface area contributed by atoms with Crippen LogP contribution in [-0.4, -0.2) is 29.8 Å². The average Bonchev–Trinajstić information content (AvgIpc) is 3.08. The van der Waals surface area contributed by atoms with Gasteiger partial charge in [0.05, 0.1) is 18.0 Å². The van der Waals surface area contributed by atoms with Crippen molar-refractivity contribution in [1.29, 1.82) is 0 Å². The molecule has 18 heavy (non-hydrogen) atoms. The summed E-state index contributed by atoms with van der Waals surface area (Å²) in [6.07, 6.45) is 3.18. The highest BCUT2D eigenvalue weighted by Gasteiger charge is 2.18. The number of fused-ring (bicyclic) bond motifs is 3. The third kappa shape index (κ3) is 1.08. The molecule has 2 aliphatic rings. The Bertz CT molecular complexity index is 797. The summed E-state index contributed by atoms with van der Waals surface area (Å²) in [4.78, 5) is 8.55. The van der Waals surface area contributed by atoms with Crippen molar-refractivity contribution >= 4 is 11.6 Å². The van der Waals surface area contributed by atoms with Crippen LogP contribution in [0.2, 0.25) is 0 Å². The van der Waals surface area contributed by atoms with Gasteiger partial charge in [0.2, 0.25) is 5.95 Å². The number of nitrogens with zero attached hydrogens (tertiary/aromatic N) is 5. The summed E-state index contributed by atoms with van der Waals surface area (Å²) in [6.45, 7) is 0. The Morgan fingerprint density at radius 2 is 2.28 bits per heavy atom. The molecule has 4 heterocycles. The van der Waals surface area contributed by atoms with E-state index in [1.165, 1.54) is 0 Å². The van der Waals surface area contributed by atoms with Crippen LogP contribution in [0.3, 0.4) is 0 Å². The van der Waals surface area contributed by atoms with Gasteiger partial charge in [-0.05, 0) is 12.1 Å². The molecule has 8 heteroatoms. The van der Waals surface area contributed by atoms with Gasteiger partial charge in [-0.3, -0.25) is 5.10 Å². The van der Waals surface area contributed by atoms with Gasteiger partial charge in [-0.2, -0.15) is 10.1 Å². The molecule has 0 atom stereocenters. The zero-order valence-electron chi connectivity index (χ0n) is 9.03. The fourth-order valence-corrected chi connectivity index (χ4v) is 1.86. The fraction of sp³-hybridized carbons (Fsp3) is 0. The van der Waals surface area contributed by atoms with Crippen molar-refractivity contribution in [1.82, 2.24) is 29.8 Å². The number of nitrogens with one attached hydrogen (secondary N) is 1. The van der Waals surface area contributed by atoms with E-state index in [1.807, 2.05) is 0 Å². The minimum Gasteiger partial charge on any atom is -0.461 e. The standard InChI is InChI=1S/C10H7N7O/c11-10-14-7-5(4-12-15-7)9-13-8(16-17(9)10)6-2-1-3-18-6/h1-4H,(H,13,16)(H2,11,14,15). The Hall–Kier alpha value is -2.90. The lowest BCUT2D eigenvalue weighted by atomic mass is 10.3. The molecule has 8 nitrogen and oxygen atoms in total. The highest BCUT2D eigenvalue weighted by atomic mass is 16.3. The molecular weight excluding hydrogens is 234 g/mol. The second-order valence-electron chi connectivity index (χ2n) is 3.76. The van der Waals surface area contributed by atoms with Gasteiger partial charge in [0.25, 0.3) is 0 Å². The lowest BCUT2D eigenvalue weighted by molar-refractivity contribution is 0.577. The number of H-pyrrole nitrogens is 1. The van der Waals surface area contributed by atoms with Crippen LogP contribution in [0.25, 0.3) is 28.6 Å². The number of anilines is 1. The summed E-state index contributed by atoms with van der Waals surface area (Å²) in [5, 5.41) is 10.7. The topological polar surface area (TPSA) is 111 Å². The van der Waals surface area contributed by atoms with Crippen molar-refractivity contribution in [3.8, 4) is 23.0 Å². The molecule has 3 N–H and O–H groups in total. The van der Waals surface area contributed by atoms with Gasteiger partial charge in [0.1, 0.15) is 0 Å². The molecule has 88 valence electrons. The minimum absolute atomic E-state index is 0.267. The summed E-state index contributed by atoms with van der Waals surface area (Å²) in [6, 6.07) is 3.59. The van der Waals surface area contributed by atoms with Crippen molar-refractivity contribution in [3.05, 3.63) is 24.6 Å². The van der Waals surface area contributed by atoms with Crippen molar-refractivity contribution in [2.45, 2.75) is 0 Å². The normalized spacial score (nSPS) is 11.6. The van der Waals surface area contributed by atoms with E-state index < -0.39 is 0 Å². The summed E-state index contributed by atoms with van der Waals surface area (Å²) in [7, 11) is 0. The summed E-state index contributed by atoms with van der Waals surface area (Å²) in [5.41, 5.74) is 7.18. The van der Waals surface area contributed by atoms with Gasteiger partial charge in [0, 0.05) is 0 Å². The first-order valence-corrected chi connectivity index (χ1v) is 5.22. The maximum atomic E-state index is 5.83. The molecule has 4 rings (SSSR count). The highest BCUT2D eigenvalue weighted by Crippen LogP contribution is 2.25. The Balaban J connectivity index is 2.09. The van der Waals surface area contributed by atoms with Gasteiger partial charge in [-0.15, -0.1) is 5.10 Å². The molecule has 2 aromatic heterocycles. The van der Waals surface area contributed by atoms with Crippen LogP contribution in [0.15, 0.2) is 29.0 Å². The second kappa shape index (κ2) is 3.06. The van der Waals surface area contributed by atoms with Gasteiger partial charge >= 0.3 is 0 Å². The predicted molar refractivity (Wildman–Crippen MR) is 61.7 cm³/mol. The number of rotatable bonds is 1. The van der Waals surface area contributed by atoms with E-state index in [-0.39, 0.29) is 5.95 Å². The Morgan fingerprint density at radius 3 is 3.11 bits per heavy atom. The number of nitrogen functional groups attached to an aromatic ring is 1. The summed E-state index contributed by atoms with van der Waals surface area (Å²) < 4.78 is 6.86. The van der Waals surface area contributed by atoms with Crippen LogP contribution in [-0.2, 0) is 0 Å². The van der Waals surface area contributed by atoms with E-state index in [9.17, 15) is 0 Å². The van der Waals surface area contributed by atoms with Crippen molar-refractivity contribution in [2.24, 2.45) is 0 Å². The maximum Gasteiger partial charge on any atom is 0.223 e. The zero-order valence-corrected chi connectivity index (χ0v) is 9.03.